The van der Waals surface area contributed by atoms with Gasteiger partial charge in [0.2, 0.25) is 0 Å². The largest absolute Gasteiger partial charge is 0.322 e. The molecule has 5 aromatic carbocycles. The molecule has 1 aliphatic rings. The van der Waals surface area contributed by atoms with E-state index in [9.17, 15) is 24.0 Å². The van der Waals surface area contributed by atoms with Crippen LogP contribution in [-0.2, 0) is 19.3 Å². The molecule has 0 unspecified atom stereocenters. The third-order valence-corrected chi connectivity index (χ3v) is 11.5. The van der Waals surface area contributed by atoms with E-state index in [2.05, 4.69) is 36.7 Å². The predicted molar refractivity (Wildman–Crippen MR) is 246 cm³/mol. The second-order valence-electron chi connectivity index (χ2n) is 16.2. The first-order valence-corrected chi connectivity index (χ1v) is 22.3. The van der Waals surface area contributed by atoms with Crippen LogP contribution in [0.2, 0.25) is 0 Å². The highest BCUT2D eigenvalue weighted by molar-refractivity contribution is 6.34. The fraction of sp³-hybridized carbons (Fsp3) is 0.340. The summed E-state index contributed by atoms with van der Waals surface area (Å²) in [5, 5.41) is 8.70. The molecule has 5 aromatic rings. The quantitative estimate of drug-likeness (QED) is 0.0625. The Hall–Kier alpha value is -6.15. The number of benzene rings is 5. The van der Waals surface area contributed by atoms with Gasteiger partial charge in [-0.25, -0.2) is 0 Å². The number of nitrogens with one attached hydrogen (secondary N) is 3. The van der Waals surface area contributed by atoms with Gasteiger partial charge in [0.1, 0.15) is 0 Å². The summed E-state index contributed by atoms with van der Waals surface area (Å²) in [6, 6.07) is 30.1. The number of carbonyl (C=O) groups excluding carboxylic acids is 5. The van der Waals surface area contributed by atoms with Crippen LogP contribution in [0.25, 0.3) is 0 Å². The van der Waals surface area contributed by atoms with E-state index >= 15 is 0 Å². The summed E-state index contributed by atoms with van der Waals surface area (Å²) in [5.41, 5.74) is 4.43. The summed E-state index contributed by atoms with van der Waals surface area (Å²) in [6.07, 6.45) is 16.4. The third-order valence-electron chi connectivity index (χ3n) is 11.5. The molecule has 316 valence electrons. The van der Waals surface area contributed by atoms with E-state index in [4.69, 9.17) is 0 Å². The van der Waals surface area contributed by atoms with Gasteiger partial charge < -0.3 is 16.0 Å². The molecule has 0 aliphatic heterocycles. The predicted octanol–water partition coefficient (Wildman–Crippen LogP) is 12.6. The Morgan fingerprint density at radius 3 is 1.39 bits per heavy atom. The second kappa shape index (κ2) is 21.9. The van der Waals surface area contributed by atoms with Crippen LogP contribution in [0.1, 0.15) is 177 Å². The minimum Gasteiger partial charge on any atom is -0.322 e. The van der Waals surface area contributed by atoms with Crippen molar-refractivity contribution in [1.29, 1.82) is 0 Å². The van der Waals surface area contributed by atoms with Crippen LogP contribution in [0.5, 0.6) is 0 Å². The van der Waals surface area contributed by atoms with Crippen molar-refractivity contribution in [1.82, 2.24) is 0 Å². The van der Waals surface area contributed by atoms with Gasteiger partial charge in [-0.2, -0.15) is 0 Å². The highest BCUT2D eigenvalue weighted by Gasteiger charge is 2.37. The van der Waals surface area contributed by atoms with E-state index in [1.807, 2.05) is 48.5 Å². The van der Waals surface area contributed by atoms with Crippen LogP contribution in [0, 0.1) is 0 Å². The lowest BCUT2D eigenvalue weighted by atomic mass is 9.80. The van der Waals surface area contributed by atoms with Crippen molar-refractivity contribution in [3.63, 3.8) is 0 Å². The van der Waals surface area contributed by atoms with Crippen LogP contribution in [-0.4, -0.2) is 29.3 Å². The molecule has 0 saturated carbocycles. The molecule has 61 heavy (non-hydrogen) atoms. The van der Waals surface area contributed by atoms with Gasteiger partial charge in [0.25, 0.3) is 17.7 Å². The van der Waals surface area contributed by atoms with Gasteiger partial charge in [0.15, 0.2) is 11.6 Å². The summed E-state index contributed by atoms with van der Waals surface area (Å²) in [7, 11) is 0. The maximum atomic E-state index is 14.6. The molecule has 0 bridgehead atoms. The van der Waals surface area contributed by atoms with Gasteiger partial charge in [-0.1, -0.05) is 139 Å². The Balaban J connectivity index is 1.37. The standard InChI is InChI=1S/C53H59N3O5/c1-4-7-10-12-14-19-37-23-29-39(30-24-37)51(59)55-45-35-44(53(61)54-41-33-27-36(28-34-41)18-9-6-3)48(47-46(45)49(57)42-21-16-17-22-43(42)50(47)58)56-52(60)40-31-25-38(26-32-40)20-15-13-11-8-5-2/h16-17,21-35H,4-15,18-20H2,1-3H3,(H,54,61)(H,55,59)(H,56,60). The summed E-state index contributed by atoms with van der Waals surface area (Å²) >= 11 is 0. The lowest BCUT2D eigenvalue weighted by Crippen LogP contribution is -2.29. The number of amides is 3. The average molecular weight is 818 g/mol. The smallest absolute Gasteiger partial charge is 0.257 e. The molecular formula is C53H59N3O5. The third kappa shape index (κ3) is 11.4. The number of rotatable bonds is 21. The van der Waals surface area contributed by atoms with Crippen molar-refractivity contribution < 1.29 is 24.0 Å². The number of unbranched alkanes of at least 4 members (excludes halogenated alkanes) is 9. The number of anilines is 3. The van der Waals surface area contributed by atoms with Gasteiger partial charge in [-0.15, -0.1) is 0 Å². The summed E-state index contributed by atoms with van der Waals surface area (Å²) in [5.74, 6) is -2.74. The van der Waals surface area contributed by atoms with E-state index in [1.54, 1.807) is 48.5 Å². The summed E-state index contributed by atoms with van der Waals surface area (Å²) < 4.78 is 0. The molecule has 3 amide bonds. The zero-order chi connectivity index (χ0) is 43.1. The van der Waals surface area contributed by atoms with Crippen molar-refractivity contribution >= 4 is 46.4 Å². The lowest BCUT2D eigenvalue weighted by molar-refractivity contribution is 0.0976. The number of hydrogen-bond acceptors (Lipinski definition) is 5. The Bertz CT molecular complexity index is 2330. The fourth-order valence-corrected chi connectivity index (χ4v) is 7.93. The minimum atomic E-state index is -0.629. The van der Waals surface area contributed by atoms with E-state index in [0.29, 0.717) is 16.8 Å². The van der Waals surface area contributed by atoms with E-state index < -0.39 is 29.3 Å². The first-order valence-electron chi connectivity index (χ1n) is 22.3. The molecule has 8 nitrogen and oxygen atoms in total. The molecule has 0 spiro atoms. The van der Waals surface area contributed by atoms with Gasteiger partial charge in [0, 0.05) is 27.9 Å². The van der Waals surface area contributed by atoms with Crippen molar-refractivity contribution in [3.8, 4) is 0 Å². The van der Waals surface area contributed by atoms with E-state index in [-0.39, 0.29) is 39.2 Å². The molecule has 3 N–H and O–H groups in total. The van der Waals surface area contributed by atoms with Crippen molar-refractivity contribution in [3.05, 3.63) is 159 Å². The van der Waals surface area contributed by atoms with E-state index in [0.717, 1.165) is 74.5 Å². The van der Waals surface area contributed by atoms with Crippen LogP contribution in [0.15, 0.2) is 103 Å². The Morgan fingerprint density at radius 2 is 0.885 bits per heavy atom. The van der Waals surface area contributed by atoms with Gasteiger partial charge >= 0.3 is 0 Å². The molecule has 1 aliphatic carbocycles. The van der Waals surface area contributed by atoms with Gasteiger partial charge in [-0.3, -0.25) is 24.0 Å². The lowest BCUT2D eigenvalue weighted by Gasteiger charge is -2.25. The molecule has 0 aromatic heterocycles. The van der Waals surface area contributed by atoms with Crippen molar-refractivity contribution in [2.75, 3.05) is 16.0 Å². The normalized spacial score (nSPS) is 11.8. The van der Waals surface area contributed by atoms with Crippen LogP contribution in [0.3, 0.4) is 0 Å². The SMILES string of the molecule is CCCCCCCc1ccc(C(=O)Nc2cc(C(=O)Nc3ccc(CCCC)cc3)c(NC(=O)c3ccc(CCCCCCC)cc3)c3c2C(=O)c2ccccc2C3=O)cc1. The van der Waals surface area contributed by atoms with Gasteiger partial charge in [0.05, 0.1) is 28.1 Å². The van der Waals surface area contributed by atoms with Crippen molar-refractivity contribution in [2.24, 2.45) is 0 Å². The zero-order valence-electron chi connectivity index (χ0n) is 36.0. The Labute approximate surface area is 361 Å². The number of ketones is 2. The van der Waals surface area contributed by atoms with Crippen LogP contribution in [0.4, 0.5) is 17.1 Å². The highest BCUT2D eigenvalue weighted by atomic mass is 16.2. The first-order chi connectivity index (χ1) is 29.7. The summed E-state index contributed by atoms with van der Waals surface area (Å²) in [4.78, 5) is 71.6. The number of fused-ring (bicyclic) bond motifs is 2. The molecule has 6 rings (SSSR count). The molecule has 0 heterocycles. The summed E-state index contributed by atoms with van der Waals surface area (Å²) in [6.45, 7) is 6.52. The number of aryl methyl sites for hydroxylation is 3. The second-order valence-corrected chi connectivity index (χ2v) is 16.2. The van der Waals surface area contributed by atoms with Gasteiger partial charge in [-0.05, 0) is 97.7 Å². The topological polar surface area (TPSA) is 121 Å². The fourth-order valence-electron chi connectivity index (χ4n) is 7.93. The average Bonchev–Trinajstić information content (AvgIpc) is 3.28. The maximum Gasteiger partial charge on any atom is 0.257 e. The highest BCUT2D eigenvalue weighted by Crippen LogP contribution is 2.40. The molecule has 0 radical (unpaired) electrons. The number of carbonyl (C=O) groups is 5. The van der Waals surface area contributed by atoms with E-state index in [1.165, 1.54) is 44.6 Å². The molecular weight excluding hydrogens is 759 g/mol. The zero-order valence-corrected chi connectivity index (χ0v) is 36.0. The molecule has 0 fully saturated rings. The van der Waals surface area contributed by atoms with Crippen LogP contribution >= 0.6 is 0 Å². The maximum absolute atomic E-state index is 14.6. The monoisotopic (exact) mass is 817 g/mol. The molecule has 0 saturated heterocycles. The Kier molecular flexibility index (Phi) is 16.0. The molecule has 0 atom stereocenters. The minimum absolute atomic E-state index is 0.00536. The van der Waals surface area contributed by atoms with Crippen LogP contribution < -0.4 is 16.0 Å². The van der Waals surface area contributed by atoms with Crippen molar-refractivity contribution in [2.45, 2.75) is 117 Å². The Morgan fingerprint density at radius 1 is 0.443 bits per heavy atom. The molecule has 8 heteroatoms. The first kappa shape index (κ1) is 44.4. The number of hydrogen-bond donors (Lipinski definition) is 3.